The van der Waals surface area contributed by atoms with Crippen LogP contribution in [-0.4, -0.2) is 0 Å². The molecule has 1 aromatic carbocycles. The van der Waals surface area contributed by atoms with Crippen LogP contribution in [0.2, 0.25) is 5.02 Å². The summed E-state index contributed by atoms with van der Waals surface area (Å²) in [5.74, 6) is 1.70. The summed E-state index contributed by atoms with van der Waals surface area (Å²) >= 11 is 6.47. The van der Waals surface area contributed by atoms with Gasteiger partial charge in [0.15, 0.2) is 0 Å². The minimum absolute atomic E-state index is 0.742. The van der Waals surface area contributed by atoms with Crippen LogP contribution in [0.15, 0.2) is 18.2 Å². The van der Waals surface area contributed by atoms with Crippen LogP contribution in [0, 0.1) is 5.92 Å². The van der Waals surface area contributed by atoms with Crippen molar-refractivity contribution < 1.29 is 0 Å². The van der Waals surface area contributed by atoms with E-state index in [0.717, 1.165) is 16.9 Å². The minimum Gasteiger partial charge on any atom is -0.0840 e. The first kappa shape index (κ1) is 11.6. The summed E-state index contributed by atoms with van der Waals surface area (Å²) in [5, 5.41) is 1.02. The van der Waals surface area contributed by atoms with Crippen molar-refractivity contribution in [2.45, 2.75) is 57.3 Å². The van der Waals surface area contributed by atoms with Crippen molar-refractivity contribution in [2.75, 3.05) is 0 Å². The molecule has 0 saturated heterocycles. The maximum absolute atomic E-state index is 6.47. The second kappa shape index (κ2) is 5.02. The summed E-state index contributed by atoms with van der Waals surface area (Å²) < 4.78 is 0. The minimum atomic E-state index is 0.742. The fraction of sp³-hybridized carbons (Fsp3) is 0.625. The van der Waals surface area contributed by atoms with Gasteiger partial charge in [-0.25, -0.2) is 0 Å². The zero-order chi connectivity index (χ0) is 11.7. The van der Waals surface area contributed by atoms with Gasteiger partial charge in [0, 0.05) is 5.02 Å². The maximum Gasteiger partial charge on any atom is 0.0443 e. The maximum atomic E-state index is 6.47. The summed E-state index contributed by atoms with van der Waals surface area (Å²) in [7, 11) is 0. The molecule has 1 heteroatoms. The Hall–Kier alpha value is -0.490. The van der Waals surface area contributed by atoms with E-state index >= 15 is 0 Å². The van der Waals surface area contributed by atoms with Crippen LogP contribution in [0.25, 0.3) is 0 Å². The number of halogens is 1. The van der Waals surface area contributed by atoms with Crippen molar-refractivity contribution in [3.8, 4) is 0 Å². The van der Waals surface area contributed by atoms with E-state index in [1.165, 1.54) is 56.9 Å². The molecule has 0 N–H and O–H groups in total. The first-order valence-corrected chi connectivity index (χ1v) is 7.49. The smallest absolute Gasteiger partial charge is 0.0443 e. The molecule has 17 heavy (non-hydrogen) atoms. The van der Waals surface area contributed by atoms with Gasteiger partial charge in [-0.15, -0.1) is 0 Å². The average molecular weight is 249 g/mol. The Kier molecular flexibility index (Phi) is 3.42. The molecule has 0 spiro atoms. The number of benzene rings is 1. The van der Waals surface area contributed by atoms with Crippen molar-refractivity contribution in [3.05, 3.63) is 34.3 Å². The van der Waals surface area contributed by atoms with E-state index in [9.17, 15) is 0 Å². The Balaban J connectivity index is 1.88. The molecule has 0 aromatic heterocycles. The predicted molar refractivity (Wildman–Crippen MR) is 73.7 cm³/mol. The van der Waals surface area contributed by atoms with Gasteiger partial charge in [0.05, 0.1) is 0 Å². The van der Waals surface area contributed by atoms with Crippen LogP contribution in [0.5, 0.6) is 0 Å². The lowest BCUT2D eigenvalue weighted by Crippen LogP contribution is -2.08. The van der Waals surface area contributed by atoms with E-state index in [2.05, 4.69) is 18.2 Å². The topological polar surface area (TPSA) is 0 Å². The first-order chi connectivity index (χ1) is 8.34. The first-order valence-electron chi connectivity index (χ1n) is 7.12. The van der Waals surface area contributed by atoms with Crippen LogP contribution < -0.4 is 0 Å². The molecule has 0 nitrogen and oxygen atoms in total. The zero-order valence-electron chi connectivity index (χ0n) is 10.4. The SMILES string of the molecule is Clc1cccc(CC2CC2)c1C1CCCCC1. The van der Waals surface area contributed by atoms with E-state index in [1.807, 2.05) is 0 Å². The van der Waals surface area contributed by atoms with Crippen LogP contribution in [0.3, 0.4) is 0 Å². The van der Waals surface area contributed by atoms with Crippen LogP contribution in [-0.2, 0) is 6.42 Å². The molecule has 2 saturated carbocycles. The van der Waals surface area contributed by atoms with Gasteiger partial charge in [-0.3, -0.25) is 0 Å². The van der Waals surface area contributed by atoms with Gasteiger partial charge in [-0.1, -0.05) is 43.0 Å². The molecule has 0 atom stereocenters. The standard InChI is InChI=1S/C16H21Cl/c17-15-8-4-7-14(11-12-9-10-12)16(15)13-5-2-1-3-6-13/h4,7-8,12-13H,1-3,5-6,9-11H2. The van der Waals surface area contributed by atoms with E-state index in [1.54, 1.807) is 5.56 Å². The van der Waals surface area contributed by atoms with E-state index in [-0.39, 0.29) is 0 Å². The van der Waals surface area contributed by atoms with Crippen molar-refractivity contribution >= 4 is 11.6 Å². The Morgan fingerprint density at radius 1 is 1.00 bits per heavy atom. The lowest BCUT2D eigenvalue weighted by atomic mass is 9.81. The lowest BCUT2D eigenvalue weighted by Gasteiger charge is -2.25. The highest BCUT2D eigenvalue weighted by molar-refractivity contribution is 6.31. The highest BCUT2D eigenvalue weighted by atomic mass is 35.5. The van der Waals surface area contributed by atoms with Crippen molar-refractivity contribution in [1.82, 2.24) is 0 Å². The summed E-state index contributed by atoms with van der Waals surface area (Å²) in [6, 6.07) is 6.53. The van der Waals surface area contributed by atoms with Crippen LogP contribution in [0.4, 0.5) is 0 Å². The van der Waals surface area contributed by atoms with Crippen molar-refractivity contribution in [3.63, 3.8) is 0 Å². The van der Waals surface area contributed by atoms with Gasteiger partial charge in [0.2, 0.25) is 0 Å². The van der Waals surface area contributed by atoms with Gasteiger partial charge in [-0.2, -0.15) is 0 Å². The fourth-order valence-corrected chi connectivity index (χ4v) is 3.59. The van der Waals surface area contributed by atoms with Gasteiger partial charge in [-0.05, 0) is 61.1 Å². The van der Waals surface area contributed by atoms with Gasteiger partial charge < -0.3 is 0 Å². The summed E-state index contributed by atoms with van der Waals surface area (Å²) in [6.45, 7) is 0. The molecule has 2 aliphatic carbocycles. The summed E-state index contributed by atoms with van der Waals surface area (Å²) in [5.41, 5.74) is 3.05. The third kappa shape index (κ3) is 2.68. The molecule has 2 fully saturated rings. The van der Waals surface area contributed by atoms with Gasteiger partial charge >= 0.3 is 0 Å². The molecular formula is C16H21Cl. The second-order valence-corrected chi connectivity index (χ2v) is 6.20. The molecule has 2 aliphatic rings. The quantitative estimate of drug-likeness (QED) is 0.677. The third-order valence-corrected chi connectivity index (χ3v) is 4.69. The Labute approximate surface area is 109 Å². The summed E-state index contributed by atoms with van der Waals surface area (Å²) in [4.78, 5) is 0. The van der Waals surface area contributed by atoms with Gasteiger partial charge in [0.1, 0.15) is 0 Å². The zero-order valence-corrected chi connectivity index (χ0v) is 11.2. The molecular weight excluding hydrogens is 228 g/mol. The monoisotopic (exact) mass is 248 g/mol. The second-order valence-electron chi connectivity index (χ2n) is 5.80. The fourth-order valence-electron chi connectivity index (χ4n) is 3.24. The van der Waals surface area contributed by atoms with Crippen LogP contribution in [0.1, 0.15) is 62.0 Å². The Morgan fingerprint density at radius 3 is 2.47 bits per heavy atom. The highest BCUT2D eigenvalue weighted by Gasteiger charge is 2.26. The Morgan fingerprint density at radius 2 is 1.76 bits per heavy atom. The average Bonchev–Trinajstić information content (AvgIpc) is 3.14. The number of rotatable bonds is 3. The highest BCUT2D eigenvalue weighted by Crippen LogP contribution is 2.41. The molecule has 0 amide bonds. The predicted octanol–water partition coefficient (Wildman–Crippen LogP) is 5.34. The molecule has 0 aliphatic heterocycles. The normalized spacial score (nSPS) is 21.7. The van der Waals surface area contributed by atoms with Crippen LogP contribution >= 0.6 is 11.6 Å². The van der Waals surface area contributed by atoms with E-state index in [0.29, 0.717) is 0 Å². The molecule has 1 aromatic rings. The van der Waals surface area contributed by atoms with E-state index < -0.39 is 0 Å². The Bertz CT molecular complexity index is 387. The number of hydrogen-bond acceptors (Lipinski definition) is 0. The largest absolute Gasteiger partial charge is 0.0840 e. The van der Waals surface area contributed by atoms with Gasteiger partial charge in [0.25, 0.3) is 0 Å². The van der Waals surface area contributed by atoms with Crippen molar-refractivity contribution in [2.24, 2.45) is 5.92 Å². The molecule has 3 rings (SSSR count). The number of hydrogen-bond donors (Lipinski definition) is 0. The molecule has 92 valence electrons. The van der Waals surface area contributed by atoms with Crippen molar-refractivity contribution in [1.29, 1.82) is 0 Å². The molecule has 0 bridgehead atoms. The lowest BCUT2D eigenvalue weighted by molar-refractivity contribution is 0.441. The molecule has 0 radical (unpaired) electrons. The summed E-state index contributed by atoms with van der Waals surface area (Å²) in [6.07, 6.45) is 11.0. The third-order valence-electron chi connectivity index (χ3n) is 4.36. The molecule has 0 heterocycles. The van der Waals surface area contributed by atoms with E-state index in [4.69, 9.17) is 11.6 Å². The molecule has 0 unspecified atom stereocenters.